The Morgan fingerprint density at radius 3 is 2.75 bits per heavy atom. The SMILES string of the molecule is CC1=C(C)[C@H](CCCC=O)CC1. The van der Waals surface area contributed by atoms with Crippen molar-refractivity contribution in [2.24, 2.45) is 5.92 Å². The number of unbranched alkanes of at least 4 members (excludes halogenated alkanes) is 1. The van der Waals surface area contributed by atoms with E-state index in [-0.39, 0.29) is 0 Å². The molecular formula is C11H18O. The molecule has 0 amide bonds. The van der Waals surface area contributed by atoms with E-state index in [2.05, 4.69) is 13.8 Å². The molecule has 0 aromatic heterocycles. The van der Waals surface area contributed by atoms with Gasteiger partial charge in [0.1, 0.15) is 6.29 Å². The van der Waals surface area contributed by atoms with Crippen LogP contribution in [0.3, 0.4) is 0 Å². The van der Waals surface area contributed by atoms with E-state index in [0.29, 0.717) is 0 Å². The number of aldehydes is 1. The van der Waals surface area contributed by atoms with Crippen LogP contribution in [0.2, 0.25) is 0 Å². The lowest BCUT2D eigenvalue weighted by Crippen LogP contribution is -1.96. The average Bonchev–Trinajstić information content (AvgIpc) is 2.36. The predicted octanol–water partition coefficient (Wildman–Crippen LogP) is 3.10. The number of allylic oxidation sites excluding steroid dienone is 2. The van der Waals surface area contributed by atoms with E-state index in [0.717, 1.165) is 25.0 Å². The van der Waals surface area contributed by atoms with E-state index in [1.807, 2.05) is 0 Å². The highest BCUT2D eigenvalue weighted by Gasteiger charge is 2.18. The monoisotopic (exact) mass is 166 g/mol. The van der Waals surface area contributed by atoms with Crippen LogP contribution in [0.1, 0.15) is 46.0 Å². The van der Waals surface area contributed by atoms with Gasteiger partial charge in [-0.2, -0.15) is 0 Å². The van der Waals surface area contributed by atoms with Gasteiger partial charge in [0.25, 0.3) is 0 Å². The lowest BCUT2D eigenvalue weighted by Gasteiger charge is -2.09. The molecule has 0 saturated heterocycles. The summed E-state index contributed by atoms with van der Waals surface area (Å²) in [6, 6.07) is 0. The summed E-state index contributed by atoms with van der Waals surface area (Å²) >= 11 is 0. The van der Waals surface area contributed by atoms with Crippen LogP contribution in [0.15, 0.2) is 11.1 Å². The van der Waals surface area contributed by atoms with Crippen molar-refractivity contribution in [2.45, 2.75) is 46.0 Å². The normalized spacial score (nSPS) is 23.3. The summed E-state index contributed by atoms with van der Waals surface area (Å²) in [4.78, 5) is 10.1. The quantitative estimate of drug-likeness (QED) is 0.356. The molecule has 0 bridgehead atoms. The van der Waals surface area contributed by atoms with Crippen LogP contribution in [0.4, 0.5) is 0 Å². The lowest BCUT2D eigenvalue weighted by atomic mass is 9.96. The van der Waals surface area contributed by atoms with Gasteiger partial charge in [0.15, 0.2) is 0 Å². The third-order valence-corrected chi connectivity index (χ3v) is 3.03. The molecule has 0 radical (unpaired) electrons. The summed E-state index contributed by atoms with van der Waals surface area (Å²) in [7, 11) is 0. The van der Waals surface area contributed by atoms with Crippen molar-refractivity contribution in [1.82, 2.24) is 0 Å². The Balaban J connectivity index is 2.30. The number of rotatable bonds is 4. The Morgan fingerprint density at radius 1 is 1.50 bits per heavy atom. The minimum absolute atomic E-state index is 0.739. The highest BCUT2D eigenvalue weighted by Crippen LogP contribution is 2.34. The largest absolute Gasteiger partial charge is 0.303 e. The molecule has 0 saturated carbocycles. The minimum Gasteiger partial charge on any atom is -0.303 e. The fourth-order valence-electron chi connectivity index (χ4n) is 1.96. The number of hydrogen-bond acceptors (Lipinski definition) is 1. The first kappa shape index (κ1) is 9.50. The van der Waals surface area contributed by atoms with Gasteiger partial charge in [-0.1, -0.05) is 11.1 Å². The lowest BCUT2D eigenvalue weighted by molar-refractivity contribution is -0.107. The molecule has 1 heteroatoms. The molecule has 1 nitrogen and oxygen atoms in total. The van der Waals surface area contributed by atoms with Gasteiger partial charge >= 0.3 is 0 Å². The molecule has 1 rings (SSSR count). The Bertz CT molecular complexity index is 191. The summed E-state index contributed by atoms with van der Waals surface area (Å²) < 4.78 is 0. The van der Waals surface area contributed by atoms with Crippen LogP contribution in [0.25, 0.3) is 0 Å². The van der Waals surface area contributed by atoms with E-state index in [1.165, 1.54) is 19.3 Å². The van der Waals surface area contributed by atoms with Crippen molar-refractivity contribution in [3.8, 4) is 0 Å². The molecular weight excluding hydrogens is 148 g/mol. The fourth-order valence-corrected chi connectivity index (χ4v) is 1.96. The maximum absolute atomic E-state index is 10.1. The fraction of sp³-hybridized carbons (Fsp3) is 0.727. The van der Waals surface area contributed by atoms with Gasteiger partial charge < -0.3 is 4.79 Å². The second-order valence-corrected chi connectivity index (χ2v) is 3.80. The van der Waals surface area contributed by atoms with Crippen LogP contribution in [0.5, 0.6) is 0 Å². The third kappa shape index (κ3) is 2.20. The summed E-state index contributed by atoms with van der Waals surface area (Å²) in [5.74, 6) is 0.782. The Labute approximate surface area is 74.9 Å². The van der Waals surface area contributed by atoms with Crippen LogP contribution >= 0.6 is 0 Å². The first-order valence-electron chi connectivity index (χ1n) is 4.85. The van der Waals surface area contributed by atoms with E-state index >= 15 is 0 Å². The zero-order chi connectivity index (χ0) is 8.97. The predicted molar refractivity (Wildman–Crippen MR) is 51.0 cm³/mol. The molecule has 1 aliphatic carbocycles. The minimum atomic E-state index is 0.739. The molecule has 68 valence electrons. The molecule has 0 aromatic carbocycles. The van der Waals surface area contributed by atoms with Crippen LogP contribution in [-0.4, -0.2) is 6.29 Å². The van der Waals surface area contributed by atoms with Crippen molar-refractivity contribution in [3.05, 3.63) is 11.1 Å². The van der Waals surface area contributed by atoms with Gasteiger partial charge in [0.2, 0.25) is 0 Å². The Morgan fingerprint density at radius 2 is 2.25 bits per heavy atom. The van der Waals surface area contributed by atoms with Gasteiger partial charge in [-0.3, -0.25) is 0 Å². The number of hydrogen-bond donors (Lipinski definition) is 0. The van der Waals surface area contributed by atoms with Crippen LogP contribution < -0.4 is 0 Å². The molecule has 0 N–H and O–H groups in total. The Hall–Kier alpha value is -0.590. The second kappa shape index (κ2) is 4.44. The van der Waals surface area contributed by atoms with E-state index < -0.39 is 0 Å². The van der Waals surface area contributed by atoms with E-state index in [4.69, 9.17) is 0 Å². The first-order chi connectivity index (χ1) is 5.75. The molecule has 0 spiro atoms. The molecule has 0 aromatic rings. The van der Waals surface area contributed by atoms with Crippen molar-refractivity contribution < 1.29 is 4.79 Å². The van der Waals surface area contributed by atoms with Gasteiger partial charge in [-0.25, -0.2) is 0 Å². The maximum Gasteiger partial charge on any atom is 0.119 e. The smallest absolute Gasteiger partial charge is 0.119 e. The van der Waals surface area contributed by atoms with Crippen molar-refractivity contribution in [3.63, 3.8) is 0 Å². The summed E-state index contributed by atoms with van der Waals surface area (Å²) in [6.45, 7) is 4.48. The Kier molecular flexibility index (Phi) is 3.51. The third-order valence-electron chi connectivity index (χ3n) is 3.03. The molecule has 0 aliphatic heterocycles. The average molecular weight is 166 g/mol. The zero-order valence-corrected chi connectivity index (χ0v) is 8.10. The molecule has 0 heterocycles. The van der Waals surface area contributed by atoms with Gasteiger partial charge in [0.05, 0.1) is 0 Å². The van der Waals surface area contributed by atoms with Gasteiger partial charge in [0, 0.05) is 6.42 Å². The molecule has 12 heavy (non-hydrogen) atoms. The van der Waals surface area contributed by atoms with E-state index in [9.17, 15) is 4.79 Å². The van der Waals surface area contributed by atoms with E-state index in [1.54, 1.807) is 11.1 Å². The van der Waals surface area contributed by atoms with Crippen LogP contribution in [-0.2, 0) is 4.79 Å². The zero-order valence-electron chi connectivity index (χ0n) is 8.10. The summed E-state index contributed by atoms with van der Waals surface area (Å²) in [5, 5.41) is 0. The van der Waals surface area contributed by atoms with Crippen LogP contribution in [0, 0.1) is 5.92 Å². The molecule has 1 atom stereocenters. The molecule has 0 unspecified atom stereocenters. The highest BCUT2D eigenvalue weighted by atomic mass is 16.1. The summed E-state index contributed by atoms with van der Waals surface area (Å²) in [6.07, 6.45) is 6.64. The van der Waals surface area contributed by atoms with Gasteiger partial charge in [-0.05, 0) is 45.4 Å². The first-order valence-corrected chi connectivity index (χ1v) is 4.85. The number of carbonyl (C=O) groups is 1. The summed E-state index contributed by atoms with van der Waals surface area (Å²) in [5.41, 5.74) is 3.16. The molecule has 1 aliphatic rings. The second-order valence-electron chi connectivity index (χ2n) is 3.80. The topological polar surface area (TPSA) is 17.1 Å². The van der Waals surface area contributed by atoms with Crippen molar-refractivity contribution >= 4 is 6.29 Å². The molecule has 0 fully saturated rings. The van der Waals surface area contributed by atoms with Crippen molar-refractivity contribution in [1.29, 1.82) is 0 Å². The standard InChI is InChI=1S/C11H18O/c1-9-6-7-11(10(9)2)5-3-4-8-12/h8,11H,3-7H2,1-2H3/t11-/m1/s1. The maximum atomic E-state index is 10.1. The van der Waals surface area contributed by atoms with Crippen molar-refractivity contribution in [2.75, 3.05) is 0 Å². The van der Waals surface area contributed by atoms with Gasteiger partial charge in [-0.15, -0.1) is 0 Å². The number of carbonyl (C=O) groups excluding carboxylic acids is 1. The highest BCUT2D eigenvalue weighted by molar-refractivity contribution is 5.49.